The molecule has 30 heavy (non-hydrogen) atoms. The number of amides is 1. The fourth-order valence-electron chi connectivity index (χ4n) is 3.26. The van der Waals surface area contributed by atoms with Crippen LogP contribution in [0.3, 0.4) is 0 Å². The Kier molecular flexibility index (Phi) is 7.39. The first-order valence-corrected chi connectivity index (χ1v) is 10.3. The second kappa shape index (κ2) is 9.41. The molecule has 164 valence electrons. The van der Waals surface area contributed by atoms with Crippen molar-refractivity contribution in [2.45, 2.75) is 73.0 Å². The summed E-state index contributed by atoms with van der Waals surface area (Å²) in [6.45, 7) is 15.9. The van der Waals surface area contributed by atoms with E-state index in [0.29, 0.717) is 18.3 Å². The maximum atomic E-state index is 12.3. The molecule has 0 saturated heterocycles. The molecule has 0 radical (unpaired) electrons. The molecule has 2 aromatic rings. The number of carbonyl (C=O) groups is 1. The van der Waals surface area contributed by atoms with E-state index in [-0.39, 0.29) is 0 Å². The number of hydrogen-bond acceptors (Lipinski definition) is 6. The summed E-state index contributed by atoms with van der Waals surface area (Å²) in [5.74, 6) is 1.04. The van der Waals surface area contributed by atoms with E-state index >= 15 is 0 Å². The van der Waals surface area contributed by atoms with Crippen molar-refractivity contribution < 1.29 is 14.3 Å². The summed E-state index contributed by atoms with van der Waals surface area (Å²) in [5.41, 5.74) is 2.23. The van der Waals surface area contributed by atoms with Crippen LogP contribution in [0.25, 0.3) is 11.4 Å². The molecule has 1 unspecified atom stereocenters. The molecule has 2 rings (SSSR count). The molecule has 0 fully saturated rings. The van der Waals surface area contributed by atoms with Crippen molar-refractivity contribution in [3.05, 3.63) is 35.9 Å². The smallest absolute Gasteiger partial charge is 0.408 e. The summed E-state index contributed by atoms with van der Waals surface area (Å²) in [6.07, 6.45) is 3.53. The van der Waals surface area contributed by atoms with E-state index in [2.05, 4.69) is 34.1 Å². The molecule has 0 aliphatic heterocycles. The van der Waals surface area contributed by atoms with Crippen LogP contribution < -0.4 is 10.1 Å². The van der Waals surface area contributed by atoms with Crippen molar-refractivity contribution in [3.63, 3.8) is 0 Å². The molecule has 1 atom stereocenters. The molecule has 0 aromatic carbocycles. The zero-order chi connectivity index (χ0) is 22.5. The van der Waals surface area contributed by atoms with Gasteiger partial charge in [0.25, 0.3) is 0 Å². The van der Waals surface area contributed by atoms with Gasteiger partial charge in [-0.1, -0.05) is 13.8 Å². The molecule has 0 spiro atoms. The number of aryl methyl sites for hydroxylation is 2. The summed E-state index contributed by atoms with van der Waals surface area (Å²) < 4.78 is 11.5. The maximum absolute atomic E-state index is 12.3. The van der Waals surface area contributed by atoms with Gasteiger partial charge in [0.15, 0.2) is 0 Å². The fourth-order valence-corrected chi connectivity index (χ4v) is 3.26. The van der Waals surface area contributed by atoms with Gasteiger partial charge in [-0.15, -0.1) is 0 Å². The summed E-state index contributed by atoms with van der Waals surface area (Å²) in [7, 11) is 0. The predicted octanol–water partition coefficient (Wildman–Crippen LogP) is 4.86. The molecule has 1 amide bonds. The predicted molar refractivity (Wildman–Crippen MR) is 117 cm³/mol. The maximum Gasteiger partial charge on any atom is 0.408 e. The van der Waals surface area contributed by atoms with Crippen molar-refractivity contribution in [3.8, 4) is 17.1 Å². The highest BCUT2D eigenvalue weighted by atomic mass is 16.6. The minimum Gasteiger partial charge on any atom is -0.489 e. The lowest BCUT2D eigenvalue weighted by atomic mass is 9.91. The number of rotatable bonds is 7. The van der Waals surface area contributed by atoms with E-state index < -0.39 is 17.2 Å². The van der Waals surface area contributed by atoms with Gasteiger partial charge in [0, 0.05) is 5.69 Å². The lowest BCUT2D eigenvalue weighted by molar-refractivity contribution is 0.0407. The van der Waals surface area contributed by atoms with E-state index in [1.807, 2.05) is 53.7 Å². The van der Waals surface area contributed by atoms with Gasteiger partial charge in [-0.2, -0.15) is 0 Å². The normalized spacial score (nSPS) is 13.6. The lowest BCUT2D eigenvalue weighted by Crippen LogP contribution is -2.52. The van der Waals surface area contributed by atoms with Crippen LogP contribution in [0.15, 0.2) is 24.7 Å². The zero-order valence-electron chi connectivity index (χ0n) is 19.4. The van der Waals surface area contributed by atoms with E-state index in [1.165, 1.54) is 6.33 Å². The highest BCUT2D eigenvalue weighted by Crippen LogP contribution is 2.25. The molecular formula is C23H34N4O3. The van der Waals surface area contributed by atoms with E-state index in [0.717, 1.165) is 29.1 Å². The van der Waals surface area contributed by atoms with Crippen molar-refractivity contribution in [1.29, 1.82) is 0 Å². The fraction of sp³-hybridized carbons (Fsp3) is 0.565. The van der Waals surface area contributed by atoms with Crippen LogP contribution in [0.4, 0.5) is 4.79 Å². The molecule has 0 bridgehead atoms. The molecule has 0 aliphatic rings. The van der Waals surface area contributed by atoms with E-state index in [1.54, 1.807) is 6.20 Å². The third-order valence-electron chi connectivity index (χ3n) is 4.34. The van der Waals surface area contributed by atoms with Crippen molar-refractivity contribution >= 4 is 6.09 Å². The first kappa shape index (κ1) is 23.6. The largest absolute Gasteiger partial charge is 0.489 e. The molecule has 7 nitrogen and oxygen atoms in total. The second-order valence-corrected chi connectivity index (χ2v) is 9.45. The number of ether oxygens (including phenoxy) is 2. The van der Waals surface area contributed by atoms with Crippen LogP contribution in [-0.2, 0) is 4.74 Å². The Morgan fingerprint density at radius 3 is 2.30 bits per heavy atom. The molecular weight excluding hydrogens is 380 g/mol. The van der Waals surface area contributed by atoms with Gasteiger partial charge in [-0.3, -0.25) is 4.98 Å². The van der Waals surface area contributed by atoms with Gasteiger partial charge in [0.05, 0.1) is 23.1 Å². The summed E-state index contributed by atoms with van der Waals surface area (Å²) in [5, 5.41) is 2.99. The Labute approximate surface area is 179 Å². The third-order valence-corrected chi connectivity index (χ3v) is 4.34. The van der Waals surface area contributed by atoms with Gasteiger partial charge < -0.3 is 14.8 Å². The topological polar surface area (TPSA) is 86.2 Å². The Balaban J connectivity index is 2.13. The number of aromatic nitrogens is 3. The Bertz CT molecular complexity index is 877. The number of pyridine rings is 1. The number of nitrogens with zero attached hydrogens (tertiary/aromatic N) is 3. The van der Waals surface area contributed by atoms with Gasteiger partial charge in [-0.25, -0.2) is 14.8 Å². The quantitative estimate of drug-likeness (QED) is 0.696. The van der Waals surface area contributed by atoms with Crippen LogP contribution in [0, 0.1) is 19.8 Å². The Morgan fingerprint density at radius 2 is 1.73 bits per heavy atom. The highest BCUT2D eigenvalue weighted by molar-refractivity contribution is 5.68. The average Bonchev–Trinajstić information content (AvgIpc) is 2.58. The number of nitrogens with one attached hydrogen (secondary N) is 1. The van der Waals surface area contributed by atoms with Crippen molar-refractivity contribution in [2.24, 2.45) is 5.92 Å². The molecule has 0 aliphatic carbocycles. The Hall–Kier alpha value is -2.70. The summed E-state index contributed by atoms with van der Waals surface area (Å²) >= 11 is 0. The minimum atomic E-state index is -0.578. The monoisotopic (exact) mass is 414 g/mol. The second-order valence-electron chi connectivity index (χ2n) is 9.45. The first-order chi connectivity index (χ1) is 13.9. The number of alkyl carbamates (subject to hydrolysis) is 1. The highest BCUT2D eigenvalue weighted by Gasteiger charge is 2.31. The standard InChI is InChI=1S/C23H34N4O3/c1-15(2)11-23(8,27-21(28)30-22(5,6)7)13-29-20-12-24-18(9-16(20)3)19-10-17(4)25-14-26-19/h9-10,12,14-15H,11,13H2,1-8H3,(H,27,28). The summed E-state index contributed by atoms with van der Waals surface area (Å²) in [4.78, 5) is 25.3. The van der Waals surface area contributed by atoms with Gasteiger partial charge in [-0.05, 0) is 71.6 Å². The molecule has 0 saturated carbocycles. The molecule has 2 aromatic heterocycles. The lowest BCUT2D eigenvalue weighted by Gasteiger charge is -2.33. The third kappa shape index (κ3) is 7.28. The van der Waals surface area contributed by atoms with Crippen LogP contribution in [-0.4, -0.2) is 38.8 Å². The molecule has 1 N–H and O–H groups in total. The summed E-state index contributed by atoms with van der Waals surface area (Å²) in [6, 6.07) is 3.84. The van der Waals surface area contributed by atoms with Gasteiger partial charge in [0.2, 0.25) is 0 Å². The average molecular weight is 415 g/mol. The van der Waals surface area contributed by atoms with Crippen LogP contribution in [0.1, 0.15) is 59.2 Å². The minimum absolute atomic E-state index is 0.304. The van der Waals surface area contributed by atoms with Crippen molar-refractivity contribution in [2.75, 3.05) is 6.61 Å². The van der Waals surface area contributed by atoms with Crippen LogP contribution >= 0.6 is 0 Å². The molecule has 2 heterocycles. The van der Waals surface area contributed by atoms with Gasteiger partial charge >= 0.3 is 6.09 Å². The van der Waals surface area contributed by atoms with Crippen LogP contribution in [0.2, 0.25) is 0 Å². The number of carbonyl (C=O) groups excluding carboxylic acids is 1. The SMILES string of the molecule is Cc1cc(-c2cc(C)c(OCC(C)(CC(C)C)NC(=O)OC(C)(C)C)cn2)ncn1. The number of hydrogen-bond donors (Lipinski definition) is 1. The Morgan fingerprint density at radius 1 is 1.07 bits per heavy atom. The van der Waals surface area contributed by atoms with Gasteiger partial charge in [0.1, 0.15) is 24.3 Å². The van der Waals surface area contributed by atoms with Crippen LogP contribution in [0.5, 0.6) is 5.75 Å². The first-order valence-electron chi connectivity index (χ1n) is 10.3. The van der Waals surface area contributed by atoms with Crippen molar-refractivity contribution in [1.82, 2.24) is 20.3 Å². The molecule has 7 heteroatoms. The zero-order valence-corrected chi connectivity index (χ0v) is 19.4. The van der Waals surface area contributed by atoms with E-state index in [4.69, 9.17) is 9.47 Å². The van der Waals surface area contributed by atoms with E-state index in [9.17, 15) is 4.79 Å².